The second-order valence-corrected chi connectivity index (χ2v) is 6.49. The second-order valence-electron chi connectivity index (χ2n) is 5.42. The van der Waals surface area contributed by atoms with E-state index >= 15 is 0 Å². The molecule has 0 saturated carbocycles. The SMILES string of the molecule is CC(=O)Nc1cccc(-n2nnnc2SC(C(N)=O)c2ccccc2)c1. The van der Waals surface area contributed by atoms with Gasteiger partial charge in [0.05, 0.1) is 5.69 Å². The van der Waals surface area contributed by atoms with Gasteiger partial charge >= 0.3 is 0 Å². The normalized spacial score (nSPS) is 11.7. The number of anilines is 1. The third-order valence-corrected chi connectivity index (χ3v) is 4.64. The zero-order valence-corrected chi connectivity index (χ0v) is 14.7. The lowest BCUT2D eigenvalue weighted by atomic mass is 10.1. The van der Waals surface area contributed by atoms with Crippen LogP contribution in [0, 0.1) is 0 Å². The van der Waals surface area contributed by atoms with Crippen molar-refractivity contribution >= 4 is 29.3 Å². The van der Waals surface area contributed by atoms with Crippen LogP contribution in [0.25, 0.3) is 5.69 Å². The molecule has 1 heterocycles. The summed E-state index contributed by atoms with van der Waals surface area (Å²) in [6.07, 6.45) is 0. The van der Waals surface area contributed by atoms with E-state index in [4.69, 9.17) is 5.73 Å². The molecular formula is C17H16N6O2S. The van der Waals surface area contributed by atoms with Gasteiger partial charge in [-0.15, -0.1) is 5.10 Å². The Morgan fingerprint density at radius 3 is 2.62 bits per heavy atom. The van der Waals surface area contributed by atoms with Crippen molar-refractivity contribution in [3.8, 4) is 5.69 Å². The molecule has 3 aromatic rings. The van der Waals surface area contributed by atoms with E-state index in [9.17, 15) is 9.59 Å². The van der Waals surface area contributed by atoms with Gasteiger partial charge in [0.25, 0.3) is 0 Å². The average molecular weight is 368 g/mol. The molecule has 2 amide bonds. The van der Waals surface area contributed by atoms with Gasteiger partial charge in [-0.3, -0.25) is 9.59 Å². The number of hydrogen-bond acceptors (Lipinski definition) is 6. The summed E-state index contributed by atoms with van der Waals surface area (Å²) in [5.41, 5.74) is 7.61. The molecule has 132 valence electrons. The summed E-state index contributed by atoms with van der Waals surface area (Å²) in [7, 11) is 0. The maximum absolute atomic E-state index is 11.9. The number of carbonyl (C=O) groups excluding carboxylic acids is 2. The summed E-state index contributed by atoms with van der Waals surface area (Å²) in [6, 6.07) is 16.3. The largest absolute Gasteiger partial charge is 0.368 e. The number of rotatable bonds is 6. The maximum Gasteiger partial charge on any atom is 0.235 e. The van der Waals surface area contributed by atoms with Gasteiger partial charge in [0, 0.05) is 12.6 Å². The van der Waals surface area contributed by atoms with Gasteiger partial charge in [0.2, 0.25) is 17.0 Å². The lowest BCUT2D eigenvalue weighted by Crippen LogP contribution is -2.19. The molecule has 3 N–H and O–H groups in total. The zero-order valence-electron chi connectivity index (χ0n) is 13.9. The Balaban J connectivity index is 1.91. The van der Waals surface area contributed by atoms with Crippen LogP contribution in [0.1, 0.15) is 17.7 Å². The number of thioether (sulfide) groups is 1. The van der Waals surface area contributed by atoms with Crippen molar-refractivity contribution in [3.63, 3.8) is 0 Å². The third kappa shape index (κ3) is 4.06. The van der Waals surface area contributed by atoms with E-state index in [1.54, 1.807) is 24.3 Å². The van der Waals surface area contributed by atoms with Crippen LogP contribution in [0.4, 0.5) is 5.69 Å². The Morgan fingerprint density at radius 2 is 1.92 bits per heavy atom. The number of nitrogens with zero attached hydrogens (tertiary/aromatic N) is 4. The van der Waals surface area contributed by atoms with Crippen molar-refractivity contribution < 1.29 is 9.59 Å². The van der Waals surface area contributed by atoms with Crippen LogP contribution >= 0.6 is 11.8 Å². The highest BCUT2D eigenvalue weighted by Gasteiger charge is 2.23. The minimum Gasteiger partial charge on any atom is -0.368 e. The minimum atomic E-state index is -0.625. The molecule has 26 heavy (non-hydrogen) atoms. The topological polar surface area (TPSA) is 116 Å². The van der Waals surface area contributed by atoms with Crippen LogP contribution in [0.15, 0.2) is 59.8 Å². The number of amides is 2. The minimum absolute atomic E-state index is 0.175. The fourth-order valence-electron chi connectivity index (χ4n) is 2.36. The Kier molecular flexibility index (Phi) is 5.28. The van der Waals surface area contributed by atoms with E-state index in [2.05, 4.69) is 20.8 Å². The highest BCUT2D eigenvalue weighted by atomic mass is 32.2. The average Bonchev–Trinajstić information content (AvgIpc) is 3.08. The third-order valence-electron chi connectivity index (χ3n) is 3.44. The van der Waals surface area contributed by atoms with Crippen molar-refractivity contribution in [2.24, 2.45) is 5.73 Å². The van der Waals surface area contributed by atoms with Gasteiger partial charge in [-0.2, -0.15) is 4.68 Å². The summed E-state index contributed by atoms with van der Waals surface area (Å²) in [6.45, 7) is 1.43. The molecule has 1 atom stereocenters. The van der Waals surface area contributed by atoms with Gasteiger partial charge in [0.1, 0.15) is 5.25 Å². The van der Waals surface area contributed by atoms with E-state index in [1.807, 2.05) is 30.3 Å². The van der Waals surface area contributed by atoms with E-state index in [-0.39, 0.29) is 5.91 Å². The number of nitrogens with one attached hydrogen (secondary N) is 1. The first kappa shape index (κ1) is 17.6. The second kappa shape index (κ2) is 7.79. The number of hydrogen-bond donors (Lipinski definition) is 2. The number of nitrogens with two attached hydrogens (primary N) is 1. The molecule has 1 aromatic heterocycles. The number of tetrazole rings is 1. The fraction of sp³-hybridized carbons (Fsp3) is 0.118. The van der Waals surface area contributed by atoms with Crippen molar-refractivity contribution in [1.29, 1.82) is 0 Å². The molecule has 8 nitrogen and oxygen atoms in total. The molecule has 3 rings (SSSR count). The van der Waals surface area contributed by atoms with E-state index < -0.39 is 11.2 Å². The monoisotopic (exact) mass is 368 g/mol. The predicted octanol–water partition coefficient (Wildman–Crippen LogP) is 1.94. The quantitative estimate of drug-likeness (QED) is 0.642. The molecule has 0 fully saturated rings. The van der Waals surface area contributed by atoms with Gasteiger partial charge in [-0.1, -0.05) is 48.2 Å². The lowest BCUT2D eigenvalue weighted by Gasteiger charge is -2.13. The molecule has 0 radical (unpaired) electrons. The first-order chi connectivity index (χ1) is 12.5. The number of primary amides is 1. The maximum atomic E-state index is 11.9. The molecule has 0 saturated heterocycles. The highest BCUT2D eigenvalue weighted by molar-refractivity contribution is 8.00. The van der Waals surface area contributed by atoms with Crippen LogP contribution in [0.5, 0.6) is 0 Å². The first-order valence-electron chi connectivity index (χ1n) is 7.72. The van der Waals surface area contributed by atoms with E-state index in [0.717, 1.165) is 17.3 Å². The summed E-state index contributed by atoms with van der Waals surface area (Å²) in [5, 5.41) is 14.2. The first-order valence-corrected chi connectivity index (χ1v) is 8.60. The van der Waals surface area contributed by atoms with Crippen molar-refractivity contribution in [2.45, 2.75) is 17.3 Å². The Bertz CT molecular complexity index is 928. The molecule has 1 unspecified atom stereocenters. The summed E-state index contributed by atoms with van der Waals surface area (Å²) in [5.74, 6) is -0.658. The van der Waals surface area contributed by atoms with Gasteiger partial charge < -0.3 is 11.1 Å². The predicted molar refractivity (Wildman–Crippen MR) is 97.7 cm³/mol. The van der Waals surface area contributed by atoms with Crippen LogP contribution in [-0.2, 0) is 9.59 Å². The lowest BCUT2D eigenvalue weighted by molar-refractivity contribution is -0.117. The summed E-state index contributed by atoms with van der Waals surface area (Å²) >= 11 is 1.16. The molecule has 2 aromatic carbocycles. The molecule has 0 aliphatic rings. The molecule has 9 heteroatoms. The Morgan fingerprint density at radius 1 is 1.15 bits per heavy atom. The number of carbonyl (C=O) groups is 2. The molecule has 0 spiro atoms. The molecule has 0 aliphatic carbocycles. The Labute approximate surface area is 153 Å². The molecule has 0 bridgehead atoms. The van der Waals surface area contributed by atoms with Gasteiger partial charge in [-0.05, 0) is 34.2 Å². The molecular weight excluding hydrogens is 352 g/mol. The Hall–Kier alpha value is -3.20. The highest BCUT2D eigenvalue weighted by Crippen LogP contribution is 2.34. The summed E-state index contributed by atoms with van der Waals surface area (Å²) in [4.78, 5) is 23.2. The van der Waals surface area contributed by atoms with Crippen LogP contribution in [0.3, 0.4) is 0 Å². The van der Waals surface area contributed by atoms with E-state index in [1.165, 1.54) is 11.6 Å². The van der Waals surface area contributed by atoms with Crippen LogP contribution < -0.4 is 11.1 Å². The smallest absolute Gasteiger partial charge is 0.235 e. The molecule has 0 aliphatic heterocycles. The van der Waals surface area contributed by atoms with Gasteiger partial charge in [-0.25, -0.2) is 0 Å². The van der Waals surface area contributed by atoms with Crippen molar-refractivity contribution in [1.82, 2.24) is 20.2 Å². The van der Waals surface area contributed by atoms with Crippen LogP contribution in [-0.4, -0.2) is 32.0 Å². The standard InChI is InChI=1S/C17H16N6O2S/c1-11(24)19-13-8-5-9-14(10-13)23-17(20-21-22-23)26-15(16(18)25)12-6-3-2-4-7-12/h2-10,15H,1H3,(H2,18,25)(H,19,24). The zero-order chi connectivity index (χ0) is 18.5. The number of aromatic nitrogens is 4. The van der Waals surface area contributed by atoms with Crippen molar-refractivity contribution in [2.75, 3.05) is 5.32 Å². The van der Waals surface area contributed by atoms with Gasteiger partial charge in [0.15, 0.2) is 0 Å². The fourth-order valence-corrected chi connectivity index (χ4v) is 3.30. The van der Waals surface area contributed by atoms with Crippen molar-refractivity contribution in [3.05, 3.63) is 60.2 Å². The summed E-state index contributed by atoms with van der Waals surface area (Å²) < 4.78 is 1.49. The number of benzene rings is 2. The van der Waals surface area contributed by atoms with Crippen LogP contribution in [0.2, 0.25) is 0 Å². The van der Waals surface area contributed by atoms with E-state index in [0.29, 0.717) is 16.5 Å².